The predicted molar refractivity (Wildman–Crippen MR) is 142 cm³/mol. The van der Waals surface area contributed by atoms with Crippen LogP contribution >= 0.6 is 11.6 Å². The summed E-state index contributed by atoms with van der Waals surface area (Å²) < 4.78 is 11.6. The lowest BCUT2D eigenvalue weighted by atomic mass is 9.87. The van der Waals surface area contributed by atoms with Crippen molar-refractivity contribution in [2.45, 2.75) is 52.4 Å². The van der Waals surface area contributed by atoms with Crippen molar-refractivity contribution in [3.8, 4) is 17.2 Å². The molecule has 4 rings (SSSR count). The molecular weight excluding hydrogens is 460 g/mol. The molecule has 0 aliphatic carbocycles. The first-order valence-corrected chi connectivity index (χ1v) is 12.3. The van der Waals surface area contributed by atoms with Crippen LogP contribution in [0.1, 0.15) is 58.1 Å². The van der Waals surface area contributed by atoms with E-state index in [0.717, 1.165) is 23.1 Å². The van der Waals surface area contributed by atoms with Gasteiger partial charge in [-0.1, -0.05) is 64.4 Å². The van der Waals surface area contributed by atoms with E-state index in [4.69, 9.17) is 20.8 Å². The molecule has 5 nitrogen and oxygen atoms in total. The van der Waals surface area contributed by atoms with E-state index < -0.39 is 0 Å². The molecule has 0 radical (unpaired) electrons. The van der Waals surface area contributed by atoms with E-state index >= 15 is 0 Å². The molecule has 0 spiro atoms. The average Bonchev–Trinajstić information content (AvgIpc) is 3.27. The Bertz CT molecular complexity index is 1340. The van der Waals surface area contributed by atoms with Gasteiger partial charge in [-0.05, 0) is 71.3 Å². The third-order valence-corrected chi connectivity index (χ3v) is 6.50. The number of aromatic nitrogens is 1. The molecule has 0 saturated heterocycles. The number of hydrogen-bond donors (Lipinski definition) is 1. The van der Waals surface area contributed by atoms with Gasteiger partial charge >= 0.3 is 0 Å². The van der Waals surface area contributed by atoms with E-state index in [2.05, 4.69) is 57.1 Å². The first kappa shape index (κ1) is 24.8. The normalized spacial score (nSPS) is 12.5. The van der Waals surface area contributed by atoms with Gasteiger partial charge in [0.15, 0.2) is 12.2 Å². The molecular formula is C29H31ClN2O3. The predicted octanol–water partition coefficient (Wildman–Crippen LogP) is 7.98. The smallest absolute Gasteiger partial charge is 0.262 e. The molecule has 1 atom stereocenters. The second-order valence-corrected chi connectivity index (χ2v) is 10.3. The Morgan fingerprint density at radius 1 is 1.09 bits per heavy atom. The van der Waals surface area contributed by atoms with E-state index in [-0.39, 0.29) is 17.9 Å². The first-order valence-electron chi connectivity index (χ1n) is 11.9. The third-order valence-electron chi connectivity index (χ3n) is 6.17. The number of halogens is 1. The number of anilines is 1. The van der Waals surface area contributed by atoms with E-state index in [1.807, 2.05) is 36.4 Å². The summed E-state index contributed by atoms with van der Waals surface area (Å²) in [5, 5.41) is 3.25. The summed E-state index contributed by atoms with van der Waals surface area (Å²) in [5.74, 6) is 1.26. The number of hydrogen-bond acceptors (Lipinski definition) is 4. The van der Waals surface area contributed by atoms with Gasteiger partial charge in [-0.15, -0.1) is 0 Å². The van der Waals surface area contributed by atoms with Crippen LogP contribution in [0, 0.1) is 0 Å². The highest BCUT2D eigenvalue weighted by Gasteiger charge is 2.15. The number of carbonyl (C=O) groups excluding carboxylic acids is 1. The number of benzene rings is 3. The van der Waals surface area contributed by atoms with Crippen LogP contribution in [0.3, 0.4) is 0 Å². The van der Waals surface area contributed by atoms with Crippen LogP contribution in [0.25, 0.3) is 22.6 Å². The monoisotopic (exact) mass is 490 g/mol. The number of fused-ring (bicyclic) bond motifs is 1. The standard InChI is InChI=1S/C29H31ClN2O3/c1-6-18(2)19-8-14-26-25(15-19)32-28(35-26)20-7-13-23(30)24(16-20)31-27(33)17-34-22-11-9-21(10-12-22)29(3,4)5/h7-16,18H,6,17H2,1-5H3,(H,31,33)/t18-/m1/s1. The van der Waals surface area contributed by atoms with Gasteiger partial charge in [0.1, 0.15) is 11.3 Å². The molecule has 4 aromatic rings. The van der Waals surface area contributed by atoms with E-state index in [1.165, 1.54) is 11.1 Å². The van der Waals surface area contributed by atoms with Crippen molar-refractivity contribution in [2.75, 3.05) is 11.9 Å². The van der Waals surface area contributed by atoms with Gasteiger partial charge in [0.2, 0.25) is 5.89 Å². The number of oxazole rings is 1. The van der Waals surface area contributed by atoms with Crippen LogP contribution in [0.5, 0.6) is 5.75 Å². The number of nitrogens with zero attached hydrogens (tertiary/aromatic N) is 1. The van der Waals surface area contributed by atoms with Gasteiger partial charge in [0.25, 0.3) is 5.91 Å². The average molecular weight is 491 g/mol. The molecule has 0 aliphatic heterocycles. The number of nitrogens with one attached hydrogen (secondary N) is 1. The van der Waals surface area contributed by atoms with Crippen molar-refractivity contribution in [3.05, 3.63) is 76.8 Å². The summed E-state index contributed by atoms with van der Waals surface area (Å²) in [6.07, 6.45) is 1.06. The maximum atomic E-state index is 12.5. The Kier molecular flexibility index (Phi) is 7.18. The molecule has 1 heterocycles. The van der Waals surface area contributed by atoms with Crippen LogP contribution in [-0.2, 0) is 10.2 Å². The zero-order valence-electron chi connectivity index (χ0n) is 20.8. The summed E-state index contributed by atoms with van der Waals surface area (Å²) in [6, 6.07) is 19.2. The van der Waals surface area contributed by atoms with E-state index in [9.17, 15) is 4.79 Å². The zero-order valence-corrected chi connectivity index (χ0v) is 21.6. The molecule has 0 unspecified atom stereocenters. The summed E-state index contributed by atoms with van der Waals surface area (Å²) in [7, 11) is 0. The molecule has 0 fully saturated rings. The van der Waals surface area contributed by atoms with E-state index in [0.29, 0.717) is 28.3 Å². The first-order chi connectivity index (χ1) is 16.6. The fourth-order valence-corrected chi connectivity index (χ4v) is 3.92. The van der Waals surface area contributed by atoms with Crippen LogP contribution in [-0.4, -0.2) is 17.5 Å². The number of amides is 1. The maximum Gasteiger partial charge on any atom is 0.262 e. The Hall–Kier alpha value is -3.31. The van der Waals surface area contributed by atoms with Crippen LogP contribution in [0.15, 0.2) is 65.1 Å². The molecule has 1 aromatic heterocycles. The van der Waals surface area contributed by atoms with Crippen LogP contribution in [0.2, 0.25) is 5.02 Å². The highest BCUT2D eigenvalue weighted by molar-refractivity contribution is 6.33. The number of ether oxygens (including phenoxy) is 1. The number of rotatable bonds is 7. The van der Waals surface area contributed by atoms with Gasteiger partial charge in [-0.3, -0.25) is 4.79 Å². The fourth-order valence-electron chi connectivity index (χ4n) is 3.75. The van der Waals surface area contributed by atoms with Crippen molar-refractivity contribution in [1.29, 1.82) is 0 Å². The maximum absolute atomic E-state index is 12.5. The van der Waals surface area contributed by atoms with E-state index in [1.54, 1.807) is 12.1 Å². The minimum atomic E-state index is -0.306. The number of carbonyl (C=O) groups is 1. The van der Waals surface area contributed by atoms with Crippen molar-refractivity contribution in [2.24, 2.45) is 0 Å². The lowest BCUT2D eigenvalue weighted by Crippen LogP contribution is -2.20. The van der Waals surface area contributed by atoms with Crippen molar-refractivity contribution >= 4 is 34.3 Å². The molecule has 0 bridgehead atoms. The summed E-state index contributed by atoms with van der Waals surface area (Å²) in [5.41, 5.74) is 5.23. The van der Waals surface area contributed by atoms with Gasteiger partial charge in [-0.2, -0.15) is 0 Å². The van der Waals surface area contributed by atoms with Gasteiger partial charge < -0.3 is 14.5 Å². The largest absolute Gasteiger partial charge is 0.484 e. The Labute approximate surface area is 211 Å². The summed E-state index contributed by atoms with van der Waals surface area (Å²) >= 11 is 6.35. The van der Waals surface area contributed by atoms with Gasteiger partial charge in [0, 0.05) is 5.56 Å². The second-order valence-electron chi connectivity index (χ2n) is 9.86. The Balaban J connectivity index is 1.46. The molecule has 0 aliphatic rings. The second kappa shape index (κ2) is 10.1. The van der Waals surface area contributed by atoms with Crippen molar-refractivity contribution in [1.82, 2.24) is 4.98 Å². The highest BCUT2D eigenvalue weighted by atomic mass is 35.5. The zero-order chi connectivity index (χ0) is 25.2. The Morgan fingerprint density at radius 2 is 1.83 bits per heavy atom. The SMILES string of the molecule is CC[C@@H](C)c1ccc2oc(-c3ccc(Cl)c(NC(=O)COc4ccc(C(C)(C)C)cc4)c3)nc2c1. The minimum Gasteiger partial charge on any atom is -0.484 e. The lowest BCUT2D eigenvalue weighted by Gasteiger charge is -2.19. The lowest BCUT2D eigenvalue weighted by molar-refractivity contribution is -0.118. The molecule has 0 saturated carbocycles. The fraction of sp³-hybridized carbons (Fsp3) is 0.310. The molecule has 1 amide bonds. The third kappa shape index (κ3) is 5.85. The summed E-state index contributed by atoms with van der Waals surface area (Å²) in [4.78, 5) is 17.2. The highest BCUT2D eigenvalue weighted by Crippen LogP contribution is 2.32. The molecule has 35 heavy (non-hydrogen) atoms. The molecule has 6 heteroatoms. The quantitative estimate of drug-likeness (QED) is 0.285. The Morgan fingerprint density at radius 3 is 2.51 bits per heavy atom. The molecule has 1 N–H and O–H groups in total. The van der Waals surface area contributed by atoms with Crippen LogP contribution < -0.4 is 10.1 Å². The van der Waals surface area contributed by atoms with Crippen LogP contribution in [0.4, 0.5) is 5.69 Å². The molecule has 182 valence electrons. The van der Waals surface area contributed by atoms with Crippen molar-refractivity contribution < 1.29 is 13.9 Å². The van der Waals surface area contributed by atoms with Gasteiger partial charge in [-0.25, -0.2) is 4.98 Å². The summed E-state index contributed by atoms with van der Waals surface area (Å²) in [6.45, 7) is 10.7. The molecule has 3 aromatic carbocycles. The van der Waals surface area contributed by atoms with Gasteiger partial charge in [0.05, 0.1) is 10.7 Å². The topological polar surface area (TPSA) is 64.4 Å². The minimum absolute atomic E-state index is 0.0581. The van der Waals surface area contributed by atoms with Crippen molar-refractivity contribution in [3.63, 3.8) is 0 Å².